The number of fused-ring (bicyclic) bond motifs is 1. The van der Waals surface area contributed by atoms with E-state index in [4.69, 9.17) is 26.1 Å². The van der Waals surface area contributed by atoms with Gasteiger partial charge in [0.25, 0.3) is 0 Å². The maximum Gasteiger partial charge on any atom is 0.174 e. The van der Waals surface area contributed by atoms with E-state index in [1.165, 1.54) is 0 Å². The first kappa shape index (κ1) is 23.5. The maximum atomic E-state index is 6.18. The first-order chi connectivity index (χ1) is 16.1. The highest BCUT2D eigenvalue weighted by Gasteiger charge is 2.22. The van der Waals surface area contributed by atoms with E-state index in [9.17, 15) is 0 Å². The zero-order valence-electron chi connectivity index (χ0n) is 19.5. The first-order valence-corrected chi connectivity index (χ1v) is 12.1. The van der Waals surface area contributed by atoms with Crippen LogP contribution in [0.4, 0.5) is 5.69 Å². The molecule has 0 unspecified atom stereocenters. The van der Waals surface area contributed by atoms with Crippen LogP contribution in [0.15, 0.2) is 59.0 Å². The van der Waals surface area contributed by atoms with Gasteiger partial charge in [-0.15, -0.1) is 0 Å². The molecule has 4 rings (SSSR count). The van der Waals surface area contributed by atoms with Gasteiger partial charge in [-0.2, -0.15) is 0 Å². The van der Waals surface area contributed by atoms with Crippen LogP contribution >= 0.6 is 12.2 Å². The predicted octanol–water partition coefficient (Wildman–Crippen LogP) is 5.31. The molecule has 1 N–H and O–H groups in total. The Hall–Kier alpha value is -2.61. The van der Waals surface area contributed by atoms with Gasteiger partial charge in [0.15, 0.2) is 5.11 Å². The van der Waals surface area contributed by atoms with Gasteiger partial charge in [-0.1, -0.05) is 18.2 Å². The molecule has 3 aromatic rings. The largest absolute Gasteiger partial charge is 0.494 e. The van der Waals surface area contributed by atoms with E-state index in [-0.39, 0.29) is 6.04 Å². The number of thiocarbonyl (C=S) groups is 1. The van der Waals surface area contributed by atoms with Crippen LogP contribution in [0.5, 0.6) is 5.75 Å². The molecule has 6 nitrogen and oxygen atoms in total. The van der Waals surface area contributed by atoms with E-state index in [2.05, 4.69) is 34.2 Å². The van der Waals surface area contributed by atoms with Gasteiger partial charge in [0.1, 0.15) is 17.1 Å². The van der Waals surface area contributed by atoms with Gasteiger partial charge in [-0.25, -0.2) is 0 Å². The molecule has 2 heterocycles. The standard InChI is InChI=1S/C26H33N3O3S/c1-3-31-23-11-9-22(10-12-23)27-26(33)29(14-6-13-28-15-17-30-18-16-28)20(2)25-19-21-7-4-5-8-24(21)32-25/h4-5,7-12,19-20H,3,6,13-18H2,1-2H3,(H,27,33)/t20-/m1/s1. The lowest BCUT2D eigenvalue weighted by Gasteiger charge is -2.32. The fourth-order valence-corrected chi connectivity index (χ4v) is 4.49. The molecule has 0 spiro atoms. The fourth-order valence-electron chi connectivity index (χ4n) is 4.12. The zero-order chi connectivity index (χ0) is 23.0. The van der Waals surface area contributed by atoms with Crippen molar-refractivity contribution in [3.05, 3.63) is 60.4 Å². The van der Waals surface area contributed by atoms with Crippen molar-refractivity contribution in [3.63, 3.8) is 0 Å². The number of benzene rings is 2. The Kier molecular flexibility index (Phi) is 8.20. The van der Waals surface area contributed by atoms with E-state index in [0.717, 1.165) is 74.0 Å². The van der Waals surface area contributed by atoms with Crippen LogP contribution in [0.25, 0.3) is 11.0 Å². The molecular formula is C26H33N3O3S. The van der Waals surface area contributed by atoms with E-state index in [1.54, 1.807) is 0 Å². The lowest BCUT2D eigenvalue weighted by atomic mass is 10.2. The summed E-state index contributed by atoms with van der Waals surface area (Å²) in [6.07, 6.45) is 1.01. The zero-order valence-corrected chi connectivity index (χ0v) is 20.3. The molecule has 1 aliphatic heterocycles. The molecule has 176 valence electrons. The molecule has 33 heavy (non-hydrogen) atoms. The maximum absolute atomic E-state index is 6.18. The molecule has 7 heteroatoms. The molecule has 1 aromatic heterocycles. The highest BCUT2D eigenvalue weighted by atomic mass is 32.1. The van der Waals surface area contributed by atoms with Crippen molar-refractivity contribution < 1.29 is 13.9 Å². The van der Waals surface area contributed by atoms with Gasteiger partial charge in [0, 0.05) is 37.3 Å². The Morgan fingerprint density at radius 2 is 1.91 bits per heavy atom. The molecular weight excluding hydrogens is 434 g/mol. The van der Waals surface area contributed by atoms with E-state index in [0.29, 0.717) is 11.7 Å². The molecule has 0 saturated carbocycles. The highest BCUT2D eigenvalue weighted by molar-refractivity contribution is 7.80. The van der Waals surface area contributed by atoms with E-state index >= 15 is 0 Å². The molecule has 1 aliphatic rings. The summed E-state index contributed by atoms with van der Waals surface area (Å²) in [7, 11) is 0. The molecule has 1 saturated heterocycles. The van der Waals surface area contributed by atoms with Gasteiger partial charge < -0.3 is 24.1 Å². The summed E-state index contributed by atoms with van der Waals surface area (Å²) in [5.41, 5.74) is 1.84. The summed E-state index contributed by atoms with van der Waals surface area (Å²) >= 11 is 5.88. The van der Waals surface area contributed by atoms with Crippen molar-refractivity contribution in [1.29, 1.82) is 0 Å². The number of morpholine rings is 1. The van der Waals surface area contributed by atoms with Crippen molar-refractivity contribution in [2.24, 2.45) is 0 Å². The number of hydrogen-bond acceptors (Lipinski definition) is 5. The summed E-state index contributed by atoms with van der Waals surface area (Å²) in [6, 6.07) is 18.1. The Balaban J connectivity index is 1.47. The van der Waals surface area contributed by atoms with Gasteiger partial charge in [-0.05, 0) is 68.9 Å². The van der Waals surface area contributed by atoms with E-state index < -0.39 is 0 Å². The molecule has 0 aliphatic carbocycles. The second-order valence-corrected chi connectivity index (χ2v) is 8.64. The Labute approximate surface area is 201 Å². The predicted molar refractivity (Wildman–Crippen MR) is 137 cm³/mol. The average Bonchev–Trinajstić information content (AvgIpc) is 3.28. The highest BCUT2D eigenvalue weighted by Crippen LogP contribution is 2.28. The molecule has 1 atom stereocenters. The summed E-state index contributed by atoms with van der Waals surface area (Å²) < 4.78 is 17.2. The number of furan rings is 1. The minimum atomic E-state index is 0.00443. The number of anilines is 1. The van der Waals surface area contributed by atoms with Crippen molar-refractivity contribution in [1.82, 2.24) is 9.80 Å². The van der Waals surface area contributed by atoms with Crippen LogP contribution in [-0.4, -0.2) is 60.9 Å². The van der Waals surface area contributed by atoms with Crippen molar-refractivity contribution in [3.8, 4) is 5.75 Å². The number of para-hydroxylation sites is 1. The third kappa shape index (κ3) is 6.25. The van der Waals surface area contributed by atoms with Gasteiger partial charge in [0.2, 0.25) is 0 Å². The third-order valence-electron chi connectivity index (χ3n) is 5.98. The van der Waals surface area contributed by atoms with Crippen LogP contribution in [0.2, 0.25) is 0 Å². The Bertz CT molecular complexity index is 998. The summed E-state index contributed by atoms with van der Waals surface area (Å²) in [6.45, 7) is 10.3. The minimum absolute atomic E-state index is 0.00443. The number of ether oxygens (including phenoxy) is 2. The second kappa shape index (κ2) is 11.5. The molecule has 2 aromatic carbocycles. The third-order valence-corrected chi connectivity index (χ3v) is 6.31. The fraction of sp³-hybridized carbons (Fsp3) is 0.423. The van der Waals surface area contributed by atoms with Gasteiger partial charge in [0.05, 0.1) is 25.9 Å². The van der Waals surface area contributed by atoms with Gasteiger partial charge in [-0.3, -0.25) is 4.90 Å². The monoisotopic (exact) mass is 467 g/mol. The van der Waals surface area contributed by atoms with Crippen LogP contribution in [0, 0.1) is 0 Å². The normalized spacial score (nSPS) is 15.3. The van der Waals surface area contributed by atoms with E-state index in [1.807, 2.05) is 49.4 Å². The van der Waals surface area contributed by atoms with Crippen LogP contribution in [-0.2, 0) is 4.74 Å². The molecule has 0 amide bonds. The minimum Gasteiger partial charge on any atom is -0.494 e. The number of hydrogen-bond donors (Lipinski definition) is 1. The average molecular weight is 468 g/mol. The number of rotatable bonds is 9. The van der Waals surface area contributed by atoms with Crippen LogP contribution < -0.4 is 10.1 Å². The molecule has 0 bridgehead atoms. The smallest absolute Gasteiger partial charge is 0.174 e. The topological polar surface area (TPSA) is 50.1 Å². The summed E-state index contributed by atoms with van der Waals surface area (Å²) in [5, 5.41) is 5.21. The number of nitrogens with zero attached hydrogens (tertiary/aromatic N) is 2. The van der Waals surface area contributed by atoms with Gasteiger partial charge >= 0.3 is 0 Å². The van der Waals surface area contributed by atoms with Crippen LogP contribution in [0.1, 0.15) is 32.1 Å². The Morgan fingerprint density at radius 1 is 1.15 bits per heavy atom. The second-order valence-electron chi connectivity index (χ2n) is 8.25. The summed E-state index contributed by atoms with van der Waals surface area (Å²) in [4.78, 5) is 4.68. The summed E-state index contributed by atoms with van der Waals surface area (Å²) in [5.74, 6) is 1.77. The lowest BCUT2D eigenvalue weighted by Crippen LogP contribution is -2.41. The number of nitrogens with one attached hydrogen (secondary N) is 1. The van der Waals surface area contributed by atoms with Crippen molar-refractivity contribution >= 4 is 34.0 Å². The van der Waals surface area contributed by atoms with Crippen molar-refractivity contribution in [2.45, 2.75) is 26.3 Å². The first-order valence-electron chi connectivity index (χ1n) is 11.7. The Morgan fingerprint density at radius 3 is 2.64 bits per heavy atom. The SMILES string of the molecule is CCOc1ccc(NC(=S)N(CCCN2CCOCC2)[C@H](C)c2cc3ccccc3o2)cc1. The van der Waals surface area contributed by atoms with Crippen molar-refractivity contribution in [2.75, 3.05) is 51.3 Å². The quantitative estimate of drug-likeness (QED) is 0.428. The van der Waals surface area contributed by atoms with Crippen LogP contribution in [0.3, 0.4) is 0 Å². The lowest BCUT2D eigenvalue weighted by molar-refractivity contribution is 0.0365. The molecule has 0 radical (unpaired) electrons. The molecule has 1 fully saturated rings.